The summed E-state index contributed by atoms with van der Waals surface area (Å²) in [6.07, 6.45) is 0. The van der Waals surface area contributed by atoms with E-state index in [4.69, 9.17) is 4.74 Å². The Balaban J connectivity index is 1.72. The van der Waals surface area contributed by atoms with Crippen molar-refractivity contribution in [1.82, 2.24) is 0 Å². The molecule has 1 N–H and O–H groups in total. The topological polar surface area (TPSA) is 29.5 Å². The van der Waals surface area contributed by atoms with Crippen molar-refractivity contribution in [3.8, 4) is 16.9 Å². The maximum Gasteiger partial charge on any atom is 0.135 e. The minimum absolute atomic E-state index is 0.0207. The molecular weight excluding hydrogens is 392 g/mol. The lowest BCUT2D eigenvalue weighted by Gasteiger charge is -2.17. The molecule has 0 heterocycles. The molecule has 0 aliphatic carbocycles. The highest BCUT2D eigenvalue weighted by Crippen LogP contribution is 2.43. The van der Waals surface area contributed by atoms with Crippen LogP contribution in [0.3, 0.4) is 0 Å². The van der Waals surface area contributed by atoms with E-state index >= 15 is 0 Å². The molecular formula is C30H22O2. The largest absolute Gasteiger partial charge is 0.490 e. The van der Waals surface area contributed by atoms with Crippen molar-refractivity contribution in [2.75, 3.05) is 13.2 Å². The van der Waals surface area contributed by atoms with E-state index in [1.54, 1.807) is 0 Å². The van der Waals surface area contributed by atoms with Crippen LogP contribution in [-0.2, 0) is 0 Å². The zero-order valence-electron chi connectivity index (χ0n) is 17.6. The smallest absolute Gasteiger partial charge is 0.135 e. The second-order valence-electron chi connectivity index (χ2n) is 8.13. The molecule has 0 aromatic heterocycles. The van der Waals surface area contributed by atoms with Crippen LogP contribution in [0.1, 0.15) is 0 Å². The lowest BCUT2D eigenvalue weighted by atomic mass is 9.91. The van der Waals surface area contributed by atoms with Crippen molar-refractivity contribution in [1.29, 1.82) is 0 Å². The Labute approximate surface area is 186 Å². The highest BCUT2D eigenvalue weighted by Gasteiger charge is 2.15. The SMILES string of the molecule is OCCOc1c2ccccc2cc2cccc(-c3cccc4cc5ccccc5cc34)c12. The summed E-state index contributed by atoms with van der Waals surface area (Å²) in [5, 5.41) is 18.8. The maximum atomic E-state index is 9.47. The van der Waals surface area contributed by atoms with Gasteiger partial charge in [-0.05, 0) is 61.6 Å². The van der Waals surface area contributed by atoms with Crippen LogP contribution < -0.4 is 4.74 Å². The Morgan fingerprint density at radius 3 is 1.94 bits per heavy atom. The fraction of sp³-hybridized carbons (Fsp3) is 0.0667. The van der Waals surface area contributed by atoms with Crippen LogP contribution in [0.5, 0.6) is 5.75 Å². The summed E-state index contributed by atoms with van der Waals surface area (Å²) in [5.74, 6) is 0.834. The molecule has 6 aromatic rings. The molecule has 0 saturated heterocycles. The van der Waals surface area contributed by atoms with E-state index in [2.05, 4.69) is 91.0 Å². The zero-order valence-corrected chi connectivity index (χ0v) is 17.6. The van der Waals surface area contributed by atoms with Gasteiger partial charge in [0.05, 0.1) is 6.61 Å². The van der Waals surface area contributed by atoms with E-state index in [1.807, 2.05) is 12.1 Å². The van der Waals surface area contributed by atoms with Crippen LogP contribution in [0.2, 0.25) is 0 Å². The van der Waals surface area contributed by atoms with Gasteiger partial charge in [0.15, 0.2) is 0 Å². The van der Waals surface area contributed by atoms with Crippen molar-refractivity contribution in [2.24, 2.45) is 0 Å². The molecule has 0 radical (unpaired) electrons. The predicted octanol–water partition coefficient (Wildman–Crippen LogP) is 7.34. The van der Waals surface area contributed by atoms with Gasteiger partial charge < -0.3 is 9.84 Å². The van der Waals surface area contributed by atoms with Gasteiger partial charge in [-0.15, -0.1) is 0 Å². The van der Waals surface area contributed by atoms with Gasteiger partial charge in [-0.25, -0.2) is 0 Å². The molecule has 6 aromatic carbocycles. The quantitative estimate of drug-likeness (QED) is 0.306. The zero-order chi connectivity index (χ0) is 21.5. The Morgan fingerprint density at radius 2 is 1.12 bits per heavy atom. The molecule has 0 fully saturated rings. The lowest BCUT2D eigenvalue weighted by molar-refractivity contribution is 0.204. The van der Waals surface area contributed by atoms with E-state index in [-0.39, 0.29) is 13.2 Å². The van der Waals surface area contributed by atoms with Crippen LogP contribution in [0, 0.1) is 0 Å². The van der Waals surface area contributed by atoms with Crippen molar-refractivity contribution in [3.05, 3.63) is 103 Å². The Hall–Kier alpha value is -3.88. The lowest BCUT2D eigenvalue weighted by Crippen LogP contribution is -2.03. The van der Waals surface area contributed by atoms with E-state index in [0.29, 0.717) is 0 Å². The molecule has 0 atom stereocenters. The fourth-order valence-corrected chi connectivity index (χ4v) is 4.80. The number of rotatable bonds is 4. The molecule has 0 aliphatic heterocycles. The molecule has 6 rings (SSSR count). The Bertz CT molecular complexity index is 1610. The van der Waals surface area contributed by atoms with Gasteiger partial charge in [-0.3, -0.25) is 0 Å². The average molecular weight is 415 g/mol. The molecule has 0 amide bonds. The molecule has 0 bridgehead atoms. The van der Waals surface area contributed by atoms with Crippen molar-refractivity contribution >= 4 is 43.1 Å². The summed E-state index contributed by atoms with van der Waals surface area (Å²) in [6, 6.07) is 36.5. The van der Waals surface area contributed by atoms with Crippen molar-refractivity contribution in [2.45, 2.75) is 0 Å². The summed E-state index contributed by atoms with van der Waals surface area (Å²) < 4.78 is 6.18. The van der Waals surface area contributed by atoms with Crippen LogP contribution in [0.15, 0.2) is 103 Å². The molecule has 2 heteroatoms. The van der Waals surface area contributed by atoms with Crippen LogP contribution in [0.4, 0.5) is 0 Å². The Kier molecular flexibility index (Phi) is 4.52. The first-order chi connectivity index (χ1) is 15.8. The molecule has 0 unspecified atom stereocenters. The number of hydrogen-bond donors (Lipinski definition) is 1. The molecule has 0 spiro atoms. The van der Waals surface area contributed by atoms with Gasteiger partial charge in [-0.2, -0.15) is 0 Å². The molecule has 32 heavy (non-hydrogen) atoms. The van der Waals surface area contributed by atoms with Crippen molar-refractivity contribution < 1.29 is 9.84 Å². The first-order valence-electron chi connectivity index (χ1n) is 10.9. The summed E-state index contributed by atoms with van der Waals surface area (Å²) in [4.78, 5) is 0. The highest BCUT2D eigenvalue weighted by molar-refractivity contribution is 6.15. The second kappa shape index (κ2) is 7.67. The number of benzene rings is 6. The third-order valence-corrected chi connectivity index (χ3v) is 6.21. The van der Waals surface area contributed by atoms with E-state index < -0.39 is 0 Å². The summed E-state index contributed by atoms with van der Waals surface area (Å²) in [7, 11) is 0. The number of fused-ring (bicyclic) bond motifs is 4. The summed E-state index contributed by atoms with van der Waals surface area (Å²) >= 11 is 0. The molecule has 154 valence electrons. The number of aliphatic hydroxyl groups is 1. The monoisotopic (exact) mass is 414 g/mol. The number of aliphatic hydroxyl groups excluding tert-OH is 1. The van der Waals surface area contributed by atoms with Gasteiger partial charge in [0.25, 0.3) is 0 Å². The van der Waals surface area contributed by atoms with Gasteiger partial charge >= 0.3 is 0 Å². The van der Waals surface area contributed by atoms with E-state index in [0.717, 1.165) is 32.9 Å². The summed E-state index contributed by atoms with van der Waals surface area (Å²) in [6.45, 7) is 0.241. The highest BCUT2D eigenvalue weighted by atomic mass is 16.5. The van der Waals surface area contributed by atoms with Gasteiger partial charge in [0.1, 0.15) is 12.4 Å². The molecule has 2 nitrogen and oxygen atoms in total. The van der Waals surface area contributed by atoms with E-state index in [1.165, 1.54) is 27.1 Å². The third-order valence-electron chi connectivity index (χ3n) is 6.21. The predicted molar refractivity (Wildman–Crippen MR) is 134 cm³/mol. The third kappa shape index (κ3) is 3.00. The molecule has 0 aliphatic rings. The van der Waals surface area contributed by atoms with Crippen LogP contribution in [0.25, 0.3) is 54.2 Å². The minimum atomic E-state index is -0.0207. The first kappa shape index (κ1) is 18.9. The second-order valence-corrected chi connectivity index (χ2v) is 8.13. The normalized spacial score (nSPS) is 11.5. The van der Waals surface area contributed by atoms with Crippen LogP contribution >= 0.6 is 0 Å². The van der Waals surface area contributed by atoms with Gasteiger partial charge in [-0.1, -0.05) is 84.9 Å². The Morgan fingerprint density at radius 1 is 0.531 bits per heavy atom. The van der Waals surface area contributed by atoms with Gasteiger partial charge in [0.2, 0.25) is 0 Å². The molecule has 0 saturated carbocycles. The number of hydrogen-bond acceptors (Lipinski definition) is 2. The fourth-order valence-electron chi connectivity index (χ4n) is 4.80. The number of ether oxygens (including phenoxy) is 1. The van der Waals surface area contributed by atoms with Crippen LogP contribution in [-0.4, -0.2) is 18.3 Å². The maximum absolute atomic E-state index is 9.47. The average Bonchev–Trinajstić information content (AvgIpc) is 2.84. The standard InChI is InChI=1S/C30H22O2/c31-15-16-32-30-25-12-4-3-9-22(25)18-24-11-6-14-27(29(24)30)26-13-5-10-23-17-20-7-1-2-8-21(20)19-28(23)26/h1-14,17-19,31H,15-16H2. The minimum Gasteiger partial charge on any atom is -0.490 e. The van der Waals surface area contributed by atoms with Gasteiger partial charge in [0, 0.05) is 10.8 Å². The summed E-state index contributed by atoms with van der Waals surface area (Å²) in [5.41, 5.74) is 2.32. The van der Waals surface area contributed by atoms with Crippen molar-refractivity contribution in [3.63, 3.8) is 0 Å². The van der Waals surface area contributed by atoms with E-state index in [9.17, 15) is 5.11 Å². The first-order valence-corrected chi connectivity index (χ1v) is 10.9.